The molecule has 0 aliphatic heterocycles. The first-order valence-electron chi connectivity index (χ1n) is 6.83. The molecular weight excluding hydrogens is 262 g/mol. The molecule has 0 radical (unpaired) electrons. The maximum Gasteiger partial charge on any atom is 0.119 e. The van der Waals surface area contributed by atoms with Crippen LogP contribution < -0.4 is 4.74 Å². The Labute approximate surface area is 123 Å². The van der Waals surface area contributed by atoms with Crippen molar-refractivity contribution < 1.29 is 4.74 Å². The first-order valence-corrected chi connectivity index (χ1v) is 6.83. The van der Waals surface area contributed by atoms with Crippen LogP contribution in [-0.2, 0) is 0 Å². The molecule has 0 N–H and O–H groups in total. The summed E-state index contributed by atoms with van der Waals surface area (Å²) in [4.78, 5) is 13.0. The van der Waals surface area contributed by atoms with Gasteiger partial charge in [-0.2, -0.15) is 0 Å². The van der Waals surface area contributed by atoms with Gasteiger partial charge in [0.25, 0.3) is 0 Å². The molecule has 4 nitrogen and oxygen atoms in total. The second-order valence-electron chi connectivity index (χ2n) is 4.49. The Hall–Kier alpha value is -2.75. The molecule has 0 amide bonds. The van der Waals surface area contributed by atoms with Crippen LogP contribution in [0.4, 0.5) is 5.69 Å². The number of aliphatic imine (C=N–C) groups is 1. The highest BCUT2D eigenvalue weighted by atomic mass is 16.5. The van der Waals surface area contributed by atoms with E-state index in [-0.39, 0.29) is 0 Å². The molecule has 3 rings (SSSR count). The van der Waals surface area contributed by atoms with Gasteiger partial charge in [-0.15, -0.1) is 0 Å². The first kappa shape index (κ1) is 13.2. The molecule has 0 aliphatic carbocycles. The molecule has 1 heterocycles. The molecule has 0 saturated carbocycles. The topological polar surface area (TPSA) is 47.4 Å². The highest BCUT2D eigenvalue weighted by molar-refractivity contribution is 5.84. The second-order valence-corrected chi connectivity index (χ2v) is 4.49. The summed E-state index contributed by atoms with van der Waals surface area (Å²) < 4.78 is 5.41. The lowest BCUT2D eigenvalue weighted by Gasteiger charge is -2.02. The van der Waals surface area contributed by atoms with Gasteiger partial charge in [-0.1, -0.05) is 0 Å². The lowest BCUT2D eigenvalue weighted by molar-refractivity contribution is 0.340. The zero-order valence-electron chi connectivity index (χ0n) is 11.7. The normalized spacial score (nSPS) is 11.1. The minimum absolute atomic E-state index is 0.672. The number of rotatable bonds is 4. The van der Waals surface area contributed by atoms with Crippen molar-refractivity contribution in [3.8, 4) is 5.75 Å². The standard InChI is InChI=1S/C17H15N3O/c1-2-21-15-6-3-13(4-7-15)12-20-14-5-8-16-17(11-14)19-10-9-18-16/h3-12H,2H2,1H3. The lowest BCUT2D eigenvalue weighted by Crippen LogP contribution is -1.91. The van der Waals surface area contributed by atoms with Gasteiger partial charge in [0.2, 0.25) is 0 Å². The largest absolute Gasteiger partial charge is 0.494 e. The van der Waals surface area contributed by atoms with E-state index in [0.717, 1.165) is 28.0 Å². The van der Waals surface area contributed by atoms with Gasteiger partial charge in [0, 0.05) is 18.6 Å². The maximum absolute atomic E-state index is 5.41. The van der Waals surface area contributed by atoms with Crippen LogP contribution in [-0.4, -0.2) is 22.8 Å². The Morgan fingerprint density at radius 2 is 1.76 bits per heavy atom. The SMILES string of the molecule is CCOc1ccc(C=Nc2ccc3nccnc3c2)cc1. The molecule has 0 fully saturated rings. The predicted molar refractivity (Wildman–Crippen MR) is 84.4 cm³/mol. The van der Waals surface area contributed by atoms with E-state index in [9.17, 15) is 0 Å². The van der Waals surface area contributed by atoms with Gasteiger partial charge in [0.15, 0.2) is 0 Å². The summed E-state index contributed by atoms with van der Waals surface area (Å²) in [6, 6.07) is 13.6. The molecule has 0 spiro atoms. The summed E-state index contributed by atoms with van der Waals surface area (Å²) in [5.74, 6) is 0.871. The van der Waals surface area contributed by atoms with Crippen LogP contribution in [0.25, 0.3) is 11.0 Å². The number of ether oxygens (including phenoxy) is 1. The minimum atomic E-state index is 0.672. The van der Waals surface area contributed by atoms with E-state index in [1.54, 1.807) is 12.4 Å². The molecule has 0 saturated heterocycles. The molecule has 21 heavy (non-hydrogen) atoms. The summed E-state index contributed by atoms with van der Waals surface area (Å²) in [6.45, 7) is 2.64. The van der Waals surface area contributed by atoms with Crippen LogP contribution in [0.2, 0.25) is 0 Å². The number of fused-ring (bicyclic) bond motifs is 1. The summed E-state index contributed by atoms with van der Waals surface area (Å²) in [5.41, 5.74) is 3.60. The van der Waals surface area contributed by atoms with E-state index in [4.69, 9.17) is 4.74 Å². The third-order valence-electron chi connectivity index (χ3n) is 3.01. The Bertz CT molecular complexity index is 766. The van der Waals surface area contributed by atoms with Crippen LogP contribution in [0.3, 0.4) is 0 Å². The van der Waals surface area contributed by atoms with Crippen molar-refractivity contribution in [2.75, 3.05) is 6.61 Å². The third kappa shape index (κ3) is 3.23. The molecule has 0 aliphatic rings. The van der Waals surface area contributed by atoms with Gasteiger partial charge < -0.3 is 4.74 Å². The first-order chi connectivity index (χ1) is 10.3. The molecular formula is C17H15N3O. The van der Waals surface area contributed by atoms with Crippen LogP contribution in [0.15, 0.2) is 59.9 Å². The van der Waals surface area contributed by atoms with Crippen molar-refractivity contribution in [1.29, 1.82) is 0 Å². The molecule has 0 bridgehead atoms. The van der Waals surface area contributed by atoms with Crippen molar-refractivity contribution in [1.82, 2.24) is 9.97 Å². The van der Waals surface area contributed by atoms with E-state index in [1.807, 2.05) is 55.6 Å². The second kappa shape index (κ2) is 6.13. The van der Waals surface area contributed by atoms with Crippen molar-refractivity contribution in [2.24, 2.45) is 4.99 Å². The Morgan fingerprint density at radius 3 is 2.52 bits per heavy atom. The quantitative estimate of drug-likeness (QED) is 0.682. The number of aromatic nitrogens is 2. The van der Waals surface area contributed by atoms with E-state index < -0.39 is 0 Å². The highest BCUT2D eigenvalue weighted by Crippen LogP contribution is 2.18. The van der Waals surface area contributed by atoms with Gasteiger partial charge in [-0.05, 0) is 55.0 Å². The summed E-state index contributed by atoms with van der Waals surface area (Å²) in [5, 5.41) is 0. The molecule has 104 valence electrons. The van der Waals surface area contributed by atoms with Gasteiger partial charge in [-0.3, -0.25) is 15.0 Å². The molecule has 0 unspecified atom stereocenters. The van der Waals surface area contributed by atoms with Gasteiger partial charge in [0.1, 0.15) is 5.75 Å². The van der Waals surface area contributed by atoms with Crippen molar-refractivity contribution >= 4 is 22.9 Å². The summed E-state index contributed by atoms with van der Waals surface area (Å²) in [7, 11) is 0. The van der Waals surface area contributed by atoms with Gasteiger partial charge >= 0.3 is 0 Å². The van der Waals surface area contributed by atoms with Crippen LogP contribution in [0, 0.1) is 0 Å². The van der Waals surface area contributed by atoms with Crippen molar-refractivity contribution in [3.05, 3.63) is 60.4 Å². The lowest BCUT2D eigenvalue weighted by atomic mass is 10.2. The fourth-order valence-electron chi connectivity index (χ4n) is 2.00. The monoisotopic (exact) mass is 277 g/mol. The van der Waals surface area contributed by atoms with E-state index >= 15 is 0 Å². The molecule has 4 heteroatoms. The Kier molecular flexibility index (Phi) is 3.87. The smallest absolute Gasteiger partial charge is 0.119 e. The van der Waals surface area contributed by atoms with Crippen LogP contribution >= 0.6 is 0 Å². The van der Waals surface area contributed by atoms with Crippen molar-refractivity contribution in [2.45, 2.75) is 6.92 Å². The number of hydrogen-bond acceptors (Lipinski definition) is 4. The predicted octanol–water partition coefficient (Wildman–Crippen LogP) is 3.78. The summed E-state index contributed by atoms with van der Waals surface area (Å²) in [6.07, 6.45) is 5.20. The Balaban J connectivity index is 1.80. The number of hydrogen-bond donors (Lipinski definition) is 0. The number of nitrogens with zero attached hydrogens (tertiary/aromatic N) is 3. The average molecular weight is 277 g/mol. The van der Waals surface area contributed by atoms with Crippen LogP contribution in [0.5, 0.6) is 5.75 Å². The van der Waals surface area contributed by atoms with E-state index in [2.05, 4.69) is 15.0 Å². The van der Waals surface area contributed by atoms with E-state index in [1.165, 1.54) is 0 Å². The molecule has 1 aromatic heterocycles. The highest BCUT2D eigenvalue weighted by Gasteiger charge is 1.97. The van der Waals surface area contributed by atoms with Crippen molar-refractivity contribution in [3.63, 3.8) is 0 Å². The zero-order valence-corrected chi connectivity index (χ0v) is 11.7. The molecule has 0 atom stereocenters. The fourth-order valence-corrected chi connectivity index (χ4v) is 2.00. The maximum atomic E-state index is 5.41. The summed E-state index contributed by atoms with van der Waals surface area (Å²) >= 11 is 0. The minimum Gasteiger partial charge on any atom is -0.494 e. The van der Waals surface area contributed by atoms with Gasteiger partial charge in [-0.25, -0.2) is 0 Å². The fraction of sp³-hybridized carbons (Fsp3) is 0.118. The molecule has 3 aromatic rings. The van der Waals surface area contributed by atoms with Gasteiger partial charge in [0.05, 0.1) is 23.3 Å². The molecule has 2 aromatic carbocycles. The zero-order chi connectivity index (χ0) is 14.5. The average Bonchev–Trinajstić information content (AvgIpc) is 2.54. The van der Waals surface area contributed by atoms with E-state index in [0.29, 0.717) is 6.61 Å². The van der Waals surface area contributed by atoms with Crippen LogP contribution in [0.1, 0.15) is 12.5 Å². The third-order valence-corrected chi connectivity index (χ3v) is 3.01. The number of benzene rings is 2. The Morgan fingerprint density at radius 1 is 1.00 bits per heavy atom.